The van der Waals surface area contributed by atoms with Gasteiger partial charge in [-0.25, -0.2) is 8.42 Å². The lowest BCUT2D eigenvalue weighted by molar-refractivity contribution is -0.137. The van der Waals surface area contributed by atoms with E-state index in [2.05, 4.69) is 10.2 Å². The average Bonchev–Trinajstić information content (AvgIpc) is 3.39. The summed E-state index contributed by atoms with van der Waals surface area (Å²) in [7, 11) is -3.87. The Hall–Kier alpha value is -2.66. The molecule has 0 radical (unpaired) electrons. The molecule has 3 aromatic rings. The lowest BCUT2D eigenvalue weighted by Crippen LogP contribution is -2.38. The zero-order valence-electron chi connectivity index (χ0n) is 15.0. The summed E-state index contributed by atoms with van der Waals surface area (Å²) in [5.74, 6) is 0.656. The molecule has 7 nitrogen and oxygen atoms in total. The number of benzene rings is 1. The van der Waals surface area contributed by atoms with E-state index in [1.54, 1.807) is 6.07 Å². The zero-order valence-corrected chi connectivity index (χ0v) is 15.8. The Bertz CT molecular complexity index is 1070. The van der Waals surface area contributed by atoms with E-state index in [9.17, 15) is 21.6 Å². The Labute approximate surface area is 164 Å². The largest absolute Gasteiger partial charge is 0.472 e. The second kappa shape index (κ2) is 7.30. The van der Waals surface area contributed by atoms with Gasteiger partial charge in [0.15, 0.2) is 0 Å². The lowest BCUT2D eigenvalue weighted by atomic mass is 9.98. The van der Waals surface area contributed by atoms with Crippen LogP contribution in [0.5, 0.6) is 0 Å². The first-order chi connectivity index (χ1) is 13.7. The van der Waals surface area contributed by atoms with Gasteiger partial charge in [-0.05, 0) is 43.2 Å². The molecule has 0 spiro atoms. The van der Waals surface area contributed by atoms with E-state index >= 15 is 0 Å². The number of alkyl halides is 3. The molecule has 29 heavy (non-hydrogen) atoms. The highest BCUT2D eigenvalue weighted by atomic mass is 32.2. The number of hydrogen-bond donors (Lipinski definition) is 0. The van der Waals surface area contributed by atoms with Crippen molar-refractivity contribution < 1.29 is 30.4 Å². The molecule has 0 bridgehead atoms. The number of aromatic nitrogens is 2. The van der Waals surface area contributed by atoms with Gasteiger partial charge >= 0.3 is 6.18 Å². The van der Waals surface area contributed by atoms with Crippen LogP contribution in [0.2, 0.25) is 0 Å². The van der Waals surface area contributed by atoms with Crippen molar-refractivity contribution in [3.05, 3.63) is 54.3 Å². The molecule has 3 heterocycles. The number of piperidine rings is 1. The van der Waals surface area contributed by atoms with Crippen molar-refractivity contribution in [2.45, 2.75) is 29.8 Å². The van der Waals surface area contributed by atoms with Gasteiger partial charge in [-0.3, -0.25) is 0 Å². The van der Waals surface area contributed by atoms with E-state index in [4.69, 9.17) is 8.83 Å². The average molecular weight is 427 g/mol. The summed E-state index contributed by atoms with van der Waals surface area (Å²) in [5, 5.41) is 8.02. The molecule has 11 heteroatoms. The summed E-state index contributed by atoms with van der Waals surface area (Å²) in [6.07, 6.45) is -0.611. The summed E-state index contributed by atoms with van der Waals surface area (Å²) in [4.78, 5) is -0.163. The van der Waals surface area contributed by atoms with Crippen molar-refractivity contribution in [3.8, 4) is 11.5 Å². The predicted molar refractivity (Wildman–Crippen MR) is 94.2 cm³/mol. The minimum Gasteiger partial charge on any atom is -0.472 e. The maximum Gasteiger partial charge on any atom is 0.416 e. The Morgan fingerprint density at radius 1 is 1.03 bits per heavy atom. The van der Waals surface area contributed by atoms with Crippen LogP contribution in [0.3, 0.4) is 0 Å². The molecule has 1 aliphatic rings. The van der Waals surface area contributed by atoms with Crippen LogP contribution in [-0.4, -0.2) is 36.0 Å². The van der Waals surface area contributed by atoms with Gasteiger partial charge in [0.1, 0.15) is 6.26 Å². The molecule has 0 saturated carbocycles. The maximum absolute atomic E-state index is 12.7. The third kappa shape index (κ3) is 3.92. The molecular formula is C18H16F3N3O4S. The van der Waals surface area contributed by atoms with Crippen molar-refractivity contribution in [2.24, 2.45) is 0 Å². The molecule has 0 amide bonds. The first-order valence-corrected chi connectivity index (χ1v) is 10.2. The fraction of sp³-hybridized carbons (Fsp3) is 0.333. The van der Waals surface area contributed by atoms with Crippen LogP contribution in [0.15, 0.2) is 56.6 Å². The fourth-order valence-corrected chi connectivity index (χ4v) is 4.68. The Kier molecular flexibility index (Phi) is 4.95. The summed E-state index contributed by atoms with van der Waals surface area (Å²) >= 11 is 0. The van der Waals surface area contributed by atoms with Gasteiger partial charge in [0.2, 0.25) is 15.9 Å². The zero-order chi connectivity index (χ0) is 20.6. The quantitative estimate of drug-likeness (QED) is 0.627. The number of hydrogen-bond acceptors (Lipinski definition) is 6. The minimum atomic E-state index is -4.51. The minimum absolute atomic E-state index is 0.0952. The molecule has 0 unspecified atom stereocenters. The second-order valence-corrected chi connectivity index (χ2v) is 8.60. The van der Waals surface area contributed by atoms with Crippen LogP contribution in [0.4, 0.5) is 13.2 Å². The van der Waals surface area contributed by atoms with Gasteiger partial charge in [-0.1, -0.05) is 0 Å². The topological polar surface area (TPSA) is 89.4 Å². The standard InChI is InChI=1S/C18H16F3N3O4S/c19-18(20,21)14-1-3-15(4-2-14)29(25,26)24-8-5-12(6-9-24)16-22-23-17(28-16)13-7-10-27-11-13/h1-4,7,10-12H,5-6,8-9H2. The number of nitrogens with zero attached hydrogens (tertiary/aromatic N) is 3. The molecule has 1 aliphatic heterocycles. The molecule has 1 aromatic carbocycles. The van der Waals surface area contributed by atoms with Crippen molar-refractivity contribution in [1.82, 2.24) is 14.5 Å². The first-order valence-electron chi connectivity index (χ1n) is 8.78. The highest BCUT2D eigenvalue weighted by Gasteiger charge is 2.34. The highest BCUT2D eigenvalue weighted by molar-refractivity contribution is 7.89. The van der Waals surface area contributed by atoms with Gasteiger partial charge in [0.25, 0.3) is 5.89 Å². The summed E-state index contributed by atoms with van der Waals surface area (Å²) in [6.45, 7) is 0.412. The molecule has 0 atom stereocenters. The van der Waals surface area contributed by atoms with Crippen LogP contribution in [-0.2, 0) is 16.2 Å². The highest BCUT2D eigenvalue weighted by Crippen LogP contribution is 2.33. The van der Waals surface area contributed by atoms with Gasteiger partial charge in [0, 0.05) is 19.0 Å². The van der Waals surface area contributed by atoms with Gasteiger partial charge < -0.3 is 8.83 Å². The van der Waals surface area contributed by atoms with Crippen LogP contribution < -0.4 is 0 Å². The predicted octanol–water partition coefficient (Wildman–Crippen LogP) is 3.92. The number of furan rings is 1. The third-order valence-corrected chi connectivity index (χ3v) is 6.74. The van der Waals surface area contributed by atoms with Gasteiger partial charge in [0.05, 0.1) is 22.3 Å². The molecule has 0 N–H and O–H groups in total. The molecule has 2 aromatic heterocycles. The summed E-state index contributed by atoms with van der Waals surface area (Å²) in [5.41, 5.74) is -0.231. The molecule has 0 aliphatic carbocycles. The fourth-order valence-electron chi connectivity index (χ4n) is 3.21. The van der Waals surface area contributed by atoms with Crippen molar-refractivity contribution in [3.63, 3.8) is 0 Å². The SMILES string of the molecule is O=S(=O)(c1ccc(C(F)(F)F)cc1)N1CCC(c2nnc(-c3ccoc3)o2)CC1. The van der Waals surface area contributed by atoms with Gasteiger partial charge in [-0.15, -0.1) is 10.2 Å². The van der Waals surface area contributed by atoms with Crippen LogP contribution >= 0.6 is 0 Å². The Morgan fingerprint density at radius 3 is 2.31 bits per heavy atom. The van der Waals surface area contributed by atoms with E-state index in [0.717, 1.165) is 24.3 Å². The normalized spacial score (nSPS) is 16.9. The smallest absolute Gasteiger partial charge is 0.416 e. The number of halogens is 3. The van der Waals surface area contributed by atoms with E-state index in [0.29, 0.717) is 30.2 Å². The van der Waals surface area contributed by atoms with E-state index < -0.39 is 21.8 Å². The number of sulfonamides is 1. The molecule has 154 valence electrons. The number of rotatable bonds is 4. The third-order valence-electron chi connectivity index (χ3n) is 4.83. The van der Waals surface area contributed by atoms with Crippen molar-refractivity contribution in [1.29, 1.82) is 0 Å². The Balaban J connectivity index is 1.43. The van der Waals surface area contributed by atoms with E-state index in [-0.39, 0.29) is 23.9 Å². The summed E-state index contributed by atoms with van der Waals surface area (Å²) in [6, 6.07) is 5.21. The first kappa shape index (κ1) is 19.6. The summed E-state index contributed by atoms with van der Waals surface area (Å²) < 4.78 is 75.4. The van der Waals surface area contributed by atoms with E-state index in [1.165, 1.54) is 16.8 Å². The van der Waals surface area contributed by atoms with E-state index in [1.807, 2.05) is 0 Å². The molecule has 1 fully saturated rings. The Morgan fingerprint density at radius 2 is 1.72 bits per heavy atom. The van der Waals surface area contributed by atoms with Crippen LogP contribution in [0.1, 0.15) is 30.2 Å². The molecular weight excluding hydrogens is 411 g/mol. The van der Waals surface area contributed by atoms with Crippen LogP contribution in [0.25, 0.3) is 11.5 Å². The molecule has 4 rings (SSSR count). The second-order valence-electron chi connectivity index (χ2n) is 6.66. The van der Waals surface area contributed by atoms with Crippen molar-refractivity contribution >= 4 is 10.0 Å². The lowest BCUT2D eigenvalue weighted by Gasteiger charge is -2.29. The van der Waals surface area contributed by atoms with Crippen LogP contribution in [0, 0.1) is 0 Å². The molecule has 1 saturated heterocycles. The van der Waals surface area contributed by atoms with Crippen molar-refractivity contribution in [2.75, 3.05) is 13.1 Å². The maximum atomic E-state index is 12.7. The van der Waals surface area contributed by atoms with Gasteiger partial charge in [-0.2, -0.15) is 17.5 Å². The monoisotopic (exact) mass is 427 g/mol.